The fraction of sp³-hybridized carbons (Fsp3) is 0.0741. The molecular formula is C27H21BrN4O3. The Labute approximate surface area is 210 Å². The average Bonchev–Trinajstić information content (AvgIpc) is 3.25. The third-order valence-corrected chi connectivity index (χ3v) is 5.70. The first-order valence-corrected chi connectivity index (χ1v) is 11.7. The molecule has 0 saturated carbocycles. The fourth-order valence-electron chi connectivity index (χ4n) is 3.52. The summed E-state index contributed by atoms with van der Waals surface area (Å²) in [7, 11) is 0. The maximum atomic E-state index is 13.0. The van der Waals surface area contributed by atoms with Crippen LogP contribution < -0.4 is 14.8 Å². The third-order valence-electron chi connectivity index (χ3n) is 5.30. The molecule has 5 aromatic rings. The molecule has 0 atom stereocenters. The van der Waals surface area contributed by atoms with E-state index in [2.05, 4.69) is 31.3 Å². The number of nitrogens with one attached hydrogen (secondary N) is 1. The quantitative estimate of drug-likeness (QED) is 0.258. The van der Waals surface area contributed by atoms with Gasteiger partial charge in [-0.3, -0.25) is 4.79 Å². The molecule has 5 rings (SSSR count). The Morgan fingerprint density at radius 2 is 1.49 bits per heavy atom. The first-order chi connectivity index (χ1) is 16.9. The van der Waals surface area contributed by atoms with Crippen LogP contribution in [0.2, 0.25) is 0 Å². The van der Waals surface area contributed by atoms with E-state index in [1.165, 1.54) is 0 Å². The standard InChI is InChI=1S/C27H21BrN4O3/c1-17-7-3-5-9-24(17)34-21-11-20(12-22(13-21)35-25-10-6-4-8-18(25)2)30-27(33)23-14-26-29-15-19(28)16-32(26)31-23/h3-16H,1-2H3,(H,30,33). The molecule has 7 nitrogen and oxygen atoms in total. The minimum absolute atomic E-state index is 0.238. The molecule has 35 heavy (non-hydrogen) atoms. The number of carbonyl (C=O) groups excluding carboxylic acids is 1. The van der Waals surface area contributed by atoms with Crippen molar-refractivity contribution in [2.45, 2.75) is 13.8 Å². The number of para-hydroxylation sites is 2. The van der Waals surface area contributed by atoms with E-state index < -0.39 is 0 Å². The van der Waals surface area contributed by atoms with Crippen LogP contribution in [0.3, 0.4) is 0 Å². The van der Waals surface area contributed by atoms with E-state index in [0.29, 0.717) is 22.8 Å². The molecule has 0 spiro atoms. The maximum Gasteiger partial charge on any atom is 0.276 e. The lowest BCUT2D eigenvalue weighted by Gasteiger charge is -2.14. The first kappa shape index (κ1) is 22.6. The number of hydrogen-bond acceptors (Lipinski definition) is 5. The molecule has 1 amide bonds. The van der Waals surface area contributed by atoms with Gasteiger partial charge in [-0.1, -0.05) is 36.4 Å². The van der Waals surface area contributed by atoms with E-state index in [0.717, 1.165) is 27.1 Å². The summed E-state index contributed by atoms with van der Waals surface area (Å²) < 4.78 is 14.6. The zero-order valence-corrected chi connectivity index (χ0v) is 20.6. The molecular weight excluding hydrogens is 508 g/mol. The Morgan fingerprint density at radius 3 is 2.09 bits per heavy atom. The van der Waals surface area contributed by atoms with E-state index in [1.54, 1.807) is 41.2 Å². The van der Waals surface area contributed by atoms with Gasteiger partial charge in [-0.25, -0.2) is 9.50 Å². The highest BCUT2D eigenvalue weighted by Gasteiger charge is 2.15. The van der Waals surface area contributed by atoms with Gasteiger partial charge in [-0.2, -0.15) is 5.10 Å². The largest absolute Gasteiger partial charge is 0.457 e. The lowest BCUT2D eigenvalue weighted by atomic mass is 10.2. The van der Waals surface area contributed by atoms with Crippen molar-refractivity contribution < 1.29 is 14.3 Å². The van der Waals surface area contributed by atoms with E-state index in [9.17, 15) is 4.79 Å². The zero-order valence-electron chi connectivity index (χ0n) is 19.0. The predicted molar refractivity (Wildman–Crippen MR) is 138 cm³/mol. The van der Waals surface area contributed by atoms with Crippen LogP contribution in [-0.4, -0.2) is 20.5 Å². The smallest absolute Gasteiger partial charge is 0.276 e. The highest BCUT2D eigenvalue weighted by molar-refractivity contribution is 9.10. The summed E-state index contributed by atoms with van der Waals surface area (Å²) in [6, 6.07) is 22.4. The van der Waals surface area contributed by atoms with Gasteiger partial charge < -0.3 is 14.8 Å². The number of anilines is 1. The van der Waals surface area contributed by atoms with Crippen molar-refractivity contribution in [3.05, 3.63) is 106 Å². The highest BCUT2D eigenvalue weighted by atomic mass is 79.9. The van der Waals surface area contributed by atoms with Crippen molar-refractivity contribution in [1.82, 2.24) is 14.6 Å². The second-order valence-electron chi connectivity index (χ2n) is 7.99. The van der Waals surface area contributed by atoms with Crippen LogP contribution in [0, 0.1) is 13.8 Å². The van der Waals surface area contributed by atoms with Gasteiger partial charge in [0.25, 0.3) is 5.91 Å². The van der Waals surface area contributed by atoms with Gasteiger partial charge in [-0.15, -0.1) is 0 Å². The van der Waals surface area contributed by atoms with Gasteiger partial charge >= 0.3 is 0 Å². The first-order valence-electron chi connectivity index (χ1n) is 10.9. The summed E-state index contributed by atoms with van der Waals surface area (Å²) in [5.74, 6) is 2.12. The number of halogens is 1. The van der Waals surface area contributed by atoms with Crippen LogP contribution in [0.1, 0.15) is 21.6 Å². The molecule has 0 aliphatic rings. The van der Waals surface area contributed by atoms with Crippen molar-refractivity contribution in [1.29, 1.82) is 0 Å². The van der Waals surface area contributed by atoms with Crippen molar-refractivity contribution in [2.75, 3.05) is 5.32 Å². The van der Waals surface area contributed by atoms with Crippen molar-refractivity contribution in [3.8, 4) is 23.0 Å². The summed E-state index contributed by atoms with van der Waals surface area (Å²) in [6.07, 6.45) is 3.39. The summed E-state index contributed by atoms with van der Waals surface area (Å²) in [4.78, 5) is 17.3. The molecule has 2 heterocycles. The van der Waals surface area contributed by atoms with Gasteiger partial charge in [0.2, 0.25) is 0 Å². The minimum atomic E-state index is -0.374. The Kier molecular flexibility index (Phi) is 6.20. The number of benzene rings is 3. The number of fused-ring (bicyclic) bond motifs is 1. The van der Waals surface area contributed by atoms with Gasteiger partial charge in [0.15, 0.2) is 11.3 Å². The molecule has 8 heteroatoms. The highest BCUT2D eigenvalue weighted by Crippen LogP contribution is 2.34. The topological polar surface area (TPSA) is 77.8 Å². The van der Waals surface area contributed by atoms with Gasteiger partial charge in [0.05, 0.1) is 4.47 Å². The van der Waals surface area contributed by atoms with Crippen LogP contribution in [0.25, 0.3) is 5.65 Å². The molecule has 3 aromatic carbocycles. The fourth-order valence-corrected chi connectivity index (χ4v) is 3.81. The Bertz CT molecular complexity index is 1480. The Hall–Kier alpha value is -4.17. The molecule has 0 unspecified atom stereocenters. The molecule has 2 aromatic heterocycles. The molecule has 0 aliphatic carbocycles. The minimum Gasteiger partial charge on any atom is -0.457 e. The SMILES string of the molecule is Cc1ccccc1Oc1cc(NC(=O)c2cc3ncc(Br)cn3n2)cc(Oc2ccccc2C)c1. The molecule has 0 aliphatic heterocycles. The zero-order chi connectivity index (χ0) is 24.4. The number of carbonyl (C=O) groups is 1. The van der Waals surface area contributed by atoms with E-state index in [1.807, 2.05) is 62.4 Å². The number of ether oxygens (including phenoxy) is 2. The van der Waals surface area contributed by atoms with E-state index in [-0.39, 0.29) is 11.6 Å². The van der Waals surface area contributed by atoms with Crippen molar-refractivity contribution in [3.63, 3.8) is 0 Å². The van der Waals surface area contributed by atoms with Crippen LogP contribution in [0.4, 0.5) is 5.69 Å². The average molecular weight is 529 g/mol. The summed E-state index contributed by atoms with van der Waals surface area (Å²) >= 11 is 3.36. The Morgan fingerprint density at radius 1 is 0.886 bits per heavy atom. The number of rotatable bonds is 6. The molecule has 174 valence electrons. The number of amides is 1. The van der Waals surface area contributed by atoms with Gasteiger partial charge in [0.1, 0.15) is 23.0 Å². The van der Waals surface area contributed by atoms with Crippen molar-refractivity contribution in [2.24, 2.45) is 0 Å². The normalized spacial score (nSPS) is 10.8. The summed E-state index contributed by atoms with van der Waals surface area (Å²) in [6.45, 7) is 3.95. The van der Waals surface area contributed by atoms with E-state index in [4.69, 9.17) is 9.47 Å². The summed E-state index contributed by atoms with van der Waals surface area (Å²) in [5.41, 5.74) is 3.30. The van der Waals surface area contributed by atoms with E-state index >= 15 is 0 Å². The van der Waals surface area contributed by atoms with Crippen molar-refractivity contribution >= 4 is 33.2 Å². The van der Waals surface area contributed by atoms with Crippen LogP contribution in [0.5, 0.6) is 23.0 Å². The lowest BCUT2D eigenvalue weighted by Crippen LogP contribution is -2.12. The Balaban J connectivity index is 1.47. The number of aryl methyl sites for hydroxylation is 2. The molecule has 0 fully saturated rings. The van der Waals surface area contributed by atoms with Crippen LogP contribution >= 0.6 is 15.9 Å². The predicted octanol–water partition coefficient (Wildman–Crippen LogP) is 6.95. The summed E-state index contributed by atoms with van der Waals surface area (Å²) in [5, 5.41) is 7.22. The number of nitrogens with zero attached hydrogens (tertiary/aromatic N) is 3. The second kappa shape index (κ2) is 9.60. The molecule has 0 radical (unpaired) electrons. The maximum absolute atomic E-state index is 13.0. The monoisotopic (exact) mass is 528 g/mol. The lowest BCUT2D eigenvalue weighted by molar-refractivity contribution is 0.102. The molecule has 0 saturated heterocycles. The second-order valence-corrected chi connectivity index (χ2v) is 8.90. The number of hydrogen-bond donors (Lipinski definition) is 1. The van der Waals surface area contributed by atoms with Crippen LogP contribution in [0.15, 0.2) is 89.7 Å². The number of aromatic nitrogens is 3. The third kappa shape index (κ3) is 5.17. The van der Waals surface area contributed by atoms with Crippen LogP contribution in [-0.2, 0) is 0 Å². The molecule has 0 bridgehead atoms. The molecule has 1 N–H and O–H groups in total. The van der Waals surface area contributed by atoms with Gasteiger partial charge in [0, 0.05) is 42.3 Å². The van der Waals surface area contributed by atoms with Gasteiger partial charge in [-0.05, 0) is 53.0 Å².